The van der Waals surface area contributed by atoms with E-state index >= 15 is 0 Å². The first-order chi connectivity index (χ1) is 11.2. The Hall–Kier alpha value is -2.88. The van der Waals surface area contributed by atoms with Crippen LogP contribution in [0.2, 0.25) is 0 Å². The number of allylic oxidation sites excluding steroid dienone is 1. The van der Waals surface area contributed by atoms with Crippen LogP contribution >= 0.6 is 0 Å². The second kappa shape index (κ2) is 7.94. The Morgan fingerprint density at radius 3 is 2.52 bits per heavy atom. The summed E-state index contributed by atoms with van der Waals surface area (Å²) in [6, 6.07) is 12.9. The molecule has 0 saturated heterocycles. The molecule has 0 N–H and O–H groups in total. The number of hydrogen-bond acceptors (Lipinski definition) is 4. The third-order valence-corrected chi connectivity index (χ3v) is 3.41. The number of methoxy groups -OCH3 is 1. The van der Waals surface area contributed by atoms with Gasteiger partial charge in [-0.05, 0) is 29.7 Å². The molecule has 0 atom stereocenters. The van der Waals surface area contributed by atoms with E-state index in [-0.39, 0.29) is 5.56 Å². The average Bonchev–Trinajstić information content (AvgIpc) is 2.60. The van der Waals surface area contributed by atoms with Crippen LogP contribution < -0.4 is 4.74 Å². The molecule has 0 aliphatic rings. The quantitative estimate of drug-likeness (QED) is 0.445. The Morgan fingerprint density at radius 2 is 1.91 bits per heavy atom. The van der Waals surface area contributed by atoms with Crippen LogP contribution in [0.15, 0.2) is 55.1 Å². The lowest BCUT2D eigenvalue weighted by Gasteiger charge is -2.15. The van der Waals surface area contributed by atoms with Crippen molar-refractivity contribution in [2.75, 3.05) is 7.11 Å². The normalized spacial score (nSPS) is 9.96. The molecule has 0 amide bonds. The van der Waals surface area contributed by atoms with E-state index in [0.717, 1.165) is 5.56 Å². The van der Waals surface area contributed by atoms with E-state index in [0.29, 0.717) is 36.2 Å². The number of esters is 1. The molecule has 0 saturated carbocycles. The van der Waals surface area contributed by atoms with Gasteiger partial charge in [-0.25, -0.2) is 4.79 Å². The summed E-state index contributed by atoms with van der Waals surface area (Å²) in [5.74, 6) is -0.142. The zero-order valence-electron chi connectivity index (χ0n) is 13.0. The smallest absolute Gasteiger partial charge is 0.341 e. The highest BCUT2D eigenvalue weighted by atomic mass is 16.5. The molecule has 2 rings (SSSR count). The summed E-state index contributed by atoms with van der Waals surface area (Å²) >= 11 is 0. The van der Waals surface area contributed by atoms with Gasteiger partial charge < -0.3 is 9.47 Å². The fraction of sp³-hybridized carbons (Fsp3) is 0.158. The molecule has 0 heterocycles. The van der Waals surface area contributed by atoms with Crippen molar-refractivity contribution in [2.24, 2.45) is 0 Å². The summed E-state index contributed by atoms with van der Waals surface area (Å²) < 4.78 is 10.6. The van der Waals surface area contributed by atoms with Crippen LogP contribution in [0, 0.1) is 0 Å². The van der Waals surface area contributed by atoms with Crippen molar-refractivity contribution in [3.8, 4) is 5.75 Å². The lowest BCUT2D eigenvalue weighted by atomic mass is 9.97. The molecule has 0 aliphatic carbocycles. The monoisotopic (exact) mass is 310 g/mol. The lowest BCUT2D eigenvalue weighted by Crippen LogP contribution is -2.11. The predicted octanol–water partition coefficient (Wildman–Crippen LogP) is 3.59. The molecule has 0 aliphatic heterocycles. The minimum atomic E-state index is -0.534. The van der Waals surface area contributed by atoms with Crippen LogP contribution in [0.5, 0.6) is 5.75 Å². The topological polar surface area (TPSA) is 52.6 Å². The number of benzene rings is 2. The summed E-state index contributed by atoms with van der Waals surface area (Å²) in [5.41, 5.74) is 2.24. The van der Waals surface area contributed by atoms with E-state index in [2.05, 4.69) is 6.58 Å². The number of hydrogen-bond donors (Lipinski definition) is 0. The molecule has 0 fully saturated rings. The minimum absolute atomic E-state index is 0.271. The van der Waals surface area contributed by atoms with E-state index in [1.165, 1.54) is 7.11 Å². The van der Waals surface area contributed by atoms with Crippen LogP contribution in [0.1, 0.15) is 31.8 Å². The summed E-state index contributed by atoms with van der Waals surface area (Å²) in [4.78, 5) is 23.4. The van der Waals surface area contributed by atoms with E-state index in [1.807, 2.05) is 30.3 Å². The van der Waals surface area contributed by atoms with Gasteiger partial charge in [0.15, 0.2) is 0 Å². The van der Waals surface area contributed by atoms with Crippen LogP contribution in [0.3, 0.4) is 0 Å². The molecule has 0 radical (unpaired) electrons. The molecule has 118 valence electrons. The molecule has 0 unspecified atom stereocenters. The molecular formula is C19H18O4. The molecule has 2 aromatic carbocycles. The standard InChI is InChI=1S/C19H18O4/c1-3-7-16-15(12-20)10-11-17(18(16)19(21)22-2)23-13-14-8-5-4-6-9-14/h3-6,8-12H,1,7,13H2,2H3. The average molecular weight is 310 g/mol. The second-order valence-corrected chi connectivity index (χ2v) is 4.88. The van der Waals surface area contributed by atoms with Crippen LogP contribution in [0.4, 0.5) is 0 Å². The third-order valence-electron chi connectivity index (χ3n) is 3.41. The maximum atomic E-state index is 12.2. The van der Waals surface area contributed by atoms with Crippen LogP contribution in [-0.2, 0) is 17.8 Å². The van der Waals surface area contributed by atoms with Gasteiger partial charge in [-0.3, -0.25) is 4.79 Å². The molecule has 0 aromatic heterocycles. The first-order valence-corrected chi connectivity index (χ1v) is 7.18. The van der Waals surface area contributed by atoms with E-state index in [9.17, 15) is 9.59 Å². The lowest BCUT2D eigenvalue weighted by molar-refractivity contribution is 0.0594. The highest BCUT2D eigenvalue weighted by Crippen LogP contribution is 2.27. The summed E-state index contributed by atoms with van der Waals surface area (Å²) in [5, 5.41) is 0. The second-order valence-electron chi connectivity index (χ2n) is 4.88. The van der Waals surface area contributed by atoms with Crippen molar-refractivity contribution in [2.45, 2.75) is 13.0 Å². The van der Waals surface area contributed by atoms with Crippen molar-refractivity contribution in [1.82, 2.24) is 0 Å². The largest absolute Gasteiger partial charge is 0.488 e. The van der Waals surface area contributed by atoms with Crippen molar-refractivity contribution < 1.29 is 19.1 Å². The first kappa shape index (κ1) is 16.5. The maximum Gasteiger partial charge on any atom is 0.341 e. The van der Waals surface area contributed by atoms with Gasteiger partial charge >= 0.3 is 5.97 Å². The number of ether oxygens (including phenoxy) is 2. The maximum absolute atomic E-state index is 12.2. The Labute approximate surface area is 135 Å². The fourth-order valence-corrected chi connectivity index (χ4v) is 2.30. The Balaban J connectivity index is 2.41. The Morgan fingerprint density at radius 1 is 1.17 bits per heavy atom. The molecule has 2 aromatic rings. The van der Waals surface area contributed by atoms with Gasteiger partial charge in [-0.2, -0.15) is 0 Å². The molecule has 4 nitrogen and oxygen atoms in total. The van der Waals surface area contributed by atoms with Gasteiger partial charge in [0.05, 0.1) is 7.11 Å². The Kier molecular flexibility index (Phi) is 5.69. The zero-order chi connectivity index (χ0) is 16.7. The number of rotatable bonds is 7. The van der Waals surface area contributed by atoms with Crippen LogP contribution in [-0.4, -0.2) is 19.4 Å². The Bertz CT molecular complexity index is 705. The van der Waals surface area contributed by atoms with Gasteiger partial charge in [0.25, 0.3) is 0 Å². The number of carbonyl (C=O) groups is 2. The first-order valence-electron chi connectivity index (χ1n) is 7.18. The summed E-state index contributed by atoms with van der Waals surface area (Å²) in [6.07, 6.45) is 2.73. The highest BCUT2D eigenvalue weighted by molar-refractivity contribution is 5.97. The van der Waals surface area contributed by atoms with Crippen molar-refractivity contribution in [3.63, 3.8) is 0 Å². The van der Waals surface area contributed by atoms with E-state index in [4.69, 9.17) is 9.47 Å². The number of carbonyl (C=O) groups excluding carboxylic acids is 2. The summed E-state index contributed by atoms with van der Waals surface area (Å²) in [7, 11) is 1.30. The molecule has 0 bridgehead atoms. The highest BCUT2D eigenvalue weighted by Gasteiger charge is 2.20. The van der Waals surface area contributed by atoms with Gasteiger partial charge in [-0.15, -0.1) is 6.58 Å². The minimum Gasteiger partial charge on any atom is -0.488 e. The SMILES string of the molecule is C=CCc1c(C=O)ccc(OCc2ccccc2)c1C(=O)OC. The predicted molar refractivity (Wildman–Crippen MR) is 87.8 cm³/mol. The van der Waals surface area contributed by atoms with Crippen molar-refractivity contribution in [3.05, 3.63) is 77.4 Å². The molecule has 0 spiro atoms. The van der Waals surface area contributed by atoms with Crippen LogP contribution in [0.25, 0.3) is 0 Å². The van der Waals surface area contributed by atoms with Gasteiger partial charge in [-0.1, -0.05) is 36.4 Å². The summed E-state index contributed by atoms with van der Waals surface area (Å²) in [6.45, 7) is 3.99. The van der Waals surface area contributed by atoms with Crippen molar-refractivity contribution >= 4 is 12.3 Å². The van der Waals surface area contributed by atoms with E-state index in [1.54, 1.807) is 18.2 Å². The van der Waals surface area contributed by atoms with Gasteiger partial charge in [0, 0.05) is 5.56 Å². The van der Waals surface area contributed by atoms with Crippen molar-refractivity contribution in [1.29, 1.82) is 0 Å². The number of aldehydes is 1. The zero-order valence-corrected chi connectivity index (χ0v) is 13.0. The van der Waals surface area contributed by atoms with E-state index < -0.39 is 5.97 Å². The molecule has 4 heteroatoms. The fourth-order valence-electron chi connectivity index (χ4n) is 2.30. The van der Waals surface area contributed by atoms with Gasteiger partial charge in [0.1, 0.15) is 24.2 Å². The molecular weight excluding hydrogens is 292 g/mol. The third kappa shape index (κ3) is 3.86. The van der Waals surface area contributed by atoms with Gasteiger partial charge in [0.2, 0.25) is 0 Å². The molecule has 23 heavy (non-hydrogen) atoms.